The Kier molecular flexibility index (Phi) is 6.35. The summed E-state index contributed by atoms with van der Waals surface area (Å²) in [6.45, 7) is 1.39. The fourth-order valence-electron chi connectivity index (χ4n) is 4.75. The molecule has 188 valence electrons. The molecular weight excluding hydrogens is 506 g/mol. The second-order valence-electron chi connectivity index (χ2n) is 9.07. The molecule has 3 aromatic heterocycles. The number of methoxy groups -OCH3 is 1. The van der Waals surface area contributed by atoms with Crippen LogP contribution in [0, 0.1) is 0 Å². The van der Waals surface area contributed by atoms with Gasteiger partial charge in [-0.25, -0.2) is 9.97 Å². The summed E-state index contributed by atoms with van der Waals surface area (Å²) in [4.78, 5) is 40.1. The summed E-state index contributed by atoms with van der Waals surface area (Å²) in [6, 6.07) is 13.7. The zero-order valence-corrected chi connectivity index (χ0v) is 21.8. The summed E-state index contributed by atoms with van der Waals surface area (Å²) < 4.78 is 6.20. The Morgan fingerprint density at radius 3 is 2.84 bits per heavy atom. The third-order valence-corrected chi connectivity index (χ3v) is 8.72. The highest BCUT2D eigenvalue weighted by Gasteiger charge is 2.27. The lowest BCUT2D eigenvalue weighted by atomic mass is 9.97. The lowest BCUT2D eigenvalue weighted by Crippen LogP contribution is -2.38. The number of nitrogens with one attached hydrogen (secondary N) is 2. The van der Waals surface area contributed by atoms with Crippen molar-refractivity contribution in [1.29, 1.82) is 0 Å². The predicted octanol–water partition coefficient (Wildman–Crippen LogP) is 5.44. The number of amides is 2. The van der Waals surface area contributed by atoms with Gasteiger partial charge in [0.2, 0.25) is 5.91 Å². The van der Waals surface area contributed by atoms with E-state index < -0.39 is 0 Å². The van der Waals surface area contributed by atoms with E-state index in [0.717, 1.165) is 50.3 Å². The van der Waals surface area contributed by atoms with Crippen molar-refractivity contribution in [1.82, 2.24) is 19.9 Å². The number of nitrogens with zero attached hydrogens (tertiary/aromatic N) is 3. The molecule has 2 amide bonds. The third-order valence-electron chi connectivity index (χ3n) is 6.78. The van der Waals surface area contributed by atoms with Crippen molar-refractivity contribution in [2.24, 2.45) is 0 Å². The molecule has 6 rings (SSSR count). The second kappa shape index (κ2) is 9.95. The molecule has 37 heavy (non-hydrogen) atoms. The quantitative estimate of drug-likeness (QED) is 0.304. The summed E-state index contributed by atoms with van der Waals surface area (Å²) in [5.41, 5.74) is 3.29. The Morgan fingerprint density at radius 1 is 1.16 bits per heavy atom. The number of carbonyl (C=O) groups excluding carboxylic acids is 2. The summed E-state index contributed by atoms with van der Waals surface area (Å²) in [6.07, 6.45) is 4.01. The van der Waals surface area contributed by atoms with Crippen LogP contribution in [-0.4, -0.2) is 51.9 Å². The van der Waals surface area contributed by atoms with Crippen LogP contribution in [0.3, 0.4) is 0 Å². The molecular formula is C27H25N5O3S2. The Morgan fingerprint density at radius 2 is 2.00 bits per heavy atom. The number of ether oxygens (including phenoxy) is 1. The van der Waals surface area contributed by atoms with Crippen molar-refractivity contribution < 1.29 is 14.3 Å². The molecule has 5 aromatic rings. The Hall–Kier alpha value is -3.76. The van der Waals surface area contributed by atoms with Gasteiger partial charge in [0, 0.05) is 41.5 Å². The predicted molar refractivity (Wildman–Crippen MR) is 147 cm³/mol. The number of rotatable bonds is 6. The fourth-order valence-corrected chi connectivity index (χ4v) is 6.62. The van der Waals surface area contributed by atoms with E-state index in [1.165, 1.54) is 22.7 Å². The number of thiazole rings is 2. The van der Waals surface area contributed by atoms with Crippen molar-refractivity contribution in [3.8, 4) is 5.75 Å². The number of anilines is 1. The zero-order valence-electron chi connectivity index (χ0n) is 20.2. The van der Waals surface area contributed by atoms with Gasteiger partial charge in [0.1, 0.15) is 11.4 Å². The summed E-state index contributed by atoms with van der Waals surface area (Å²) in [5, 5.41) is 7.26. The average Bonchev–Trinajstić information content (AvgIpc) is 3.67. The van der Waals surface area contributed by atoms with Gasteiger partial charge in [0.15, 0.2) is 5.13 Å². The first-order chi connectivity index (χ1) is 18.1. The zero-order chi connectivity index (χ0) is 25.4. The first kappa shape index (κ1) is 23.6. The van der Waals surface area contributed by atoms with Crippen LogP contribution >= 0.6 is 22.7 Å². The topological polar surface area (TPSA) is 100 Å². The highest BCUT2D eigenvalue weighted by Crippen LogP contribution is 2.32. The number of fused-ring (bicyclic) bond motifs is 2. The maximum Gasteiger partial charge on any atom is 0.276 e. The van der Waals surface area contributed by atoms with E-state index in [0.29, 0.717) is 30.3 Å². The molecule has 2 N–H and O–H groups in total. The van der Waals surface area contributed by atoms with Crippen molar-refractivity contribution in [2.45, 2.75) is 25.2 Å². The number of piperidine rings is 1. The number of benzene rings is 2. The lowest BCUT2D eigenvalue weighted by Gasteiger charge is -2.31. The average molecular weight is 532 g/mol. The summed E-state index contributed by atoms with van der Waals surface area (Å²) >= 11 is 2.91. The molecule has 4 heterocycles. The molecule has 10 heteroatoms. The van der Waals surface area contributed by atoms with E-state index >= 15 is 0 Å². The van der Waals surface area contributed by atoms with Gasteiger partial charge in [-0.1, -0.05) is 29.5 Å². The monoisotopic (exact) mass is 531 g/mol. The van der Waals surface area contributed by atoms with E-state index in [2.05, 4.69) is 20.3 Å². The van der Waals surface area contributed by atoms with Crippen molar-refractivity contribution in [3.05, 3.63) is 70.3 Å². The van der Waals surface area contributed by atoms with E-state index in [1.54, 1.807) is 12.5 Å². The molecule has 0 unspecified atom stereocenters. The van der Waals surface area contributed by atoms with Gasteiger partial charge in [0.05, 0.1) is 28.8 Å². The van der Waals surface area contributed by atoms with Gasteiger partial charge < -0.3 is 14.6 Å². The normalized spacial score (nSPS) is 14.4. The molecule has 1 aliphatic heterocycles. The van der Waals surface area contributed by atoms with Gasteiger partial charge in [0.25, 0.3) is 5.91 Å². The molecule has 0 spiro atoms. The first-order valence-corrected chi connectivity index (χ1v) is 13.8. The molecule has 0 bridgehead atoms. The molecule has 8 nitrogen and oxygen atoms in total. The Labute approximate surface area is 221 Å². The second-order valence-corrected chi connectivity index (χ2v) is 11.0. The standard InChI is InChI=1S/C27H25N5O3S2/c1-35-18-6-7-21-23(13-18)37-27(30-21)31-25(34)22-15-36-26(29-22)16-8-10-32(11-9-16)24(33)12-17-14-28-20-5-3-2-4-19(17)20/h2-7,13-16,28H,8-12H2,1H3,(H,30,31,34). The first-order valence-electron chi connectivity index (χ1n) is 12.1. The lowest BCUT2D eigenvalue weighted by molar-refractivity contribution is -0.131. The number of likely N-dealkylation sites (tertiary alicyclic amines) is 1. The molecule has 0 radical (unpaired) electrons. The van der Waals surface area contributed by atoms with E-state index in [9.17, 15) is 9.59 Å². The minimum atomic E-state index is -0.264. The Bertz CT molecular complexity index is 1600. The maximum atomic E-state index is 13.0. The number of carbonyl (C=O) groups is 2. The highest BCUT2D eigenvalue weighted by molar-refractivity contribution is 7.22. The van der Waals surface area contributed by atoms with Gasteiger partial charge in [-0.15, -0.1) is 11.3 Å². The number of aromatic nitrogens is 3. The van der Waals surface area contributed by atoms with Crippen LogP contribution in [0.15, 0.2) is 54.0 Å². The van der Waals surface area contributed by atoms with E-state index in [4.69, 9.17) is 4.74 Å². The third kappa shape index (κ3) is 4.82. The van der Waals surface area contributed by atoms with Crippen molar-refractivity contribution in [2.75, 3.05) is 25.5 Å². The molecule has 1 fully saturated rings. The number of para-hydroxylation sites is 1. The molecule has 0 saturated carbocycles. The minimum Gasteiger partial charge on any atom is -0.497 e. The number of H-pyrrole nitrogens is 1. The summed E-state index contributed by atoms with van der Waals surface area (Å²) in [5.74, 6) is 0.887. The SMILES string of the molecule is COc1ccc2nc(NC(=O)c3csc(C4CCN(C(=O)Cc5c[nH]c6ccccc56)CC4)n3)sc2c1. The number of aromatic amines is 1. The van der Waals surface area contributed by atoms with Gasteiger partial charge >= 0.3 is 0 Å². The molecule has 0 aliphatic carbocycles. The van der Waals surface area contributed by atoms with Crippen LogP contribution in [-0.2, 0) is 11.2 Å². The fraction of sp³-hybridized carbons (Fsp3) is 0.259. The van der Waals surface area contributed by atoms with Crippen LogP contribution in [0.5, 0.6) is 5.75 Å². The number of hydrogen-bond donors (Lipinski definition) is 2. The molecule has 1 saturated heterocycles. The van der Waals surface area contributed by atoms with Crippen LogP contribution in [0.2, 0.25) is 0 Å². The van der Waals surface area contributed by atoms with Gasteiger partial charge in [-0.05, 0) is 42.7 Å². The van der Waals surface area contributed by atoms with E-state index in [-0.39, 0.29) is 17.7 Å². The maximum absolute atomic E-state index is 13.0. The van der Waals surface area contributed by atoms with Gasteiger partial charge in [-0.2, -0.15) is 0 Å². The van der Waals surface area contributed by atoms with Crippen LogP contribution in [0.25, 0.3) is 21.1 Å². The molecule has 1 aliphatic rings. The van der Waals surface area contributed by atoms with Crippen molar-refractivity contribution >= 4 is 60.7 Å². The van der Waals surface area contributed by atoms with Gasteiger partial charge in [-0.3, -0.25) is 14.9 Å². The van der Waals surface area contributed by atoms with Crippen LogP contribution < -0.4 is 10.1 Å². The Balaban J connectivity index is 1.05. The highest BCUT2D eigenvalue weighted by atomic mass is 32.1. The van der Waals surface area contributed by atoms with Crippen molar-refractivity contribution in [3.63, 3.8) is 0 Å². The number of hydrogen-bond acceptors (Lipinski definition) is 7. The largest absolute Gasteiger partial charge is 0.497 e. The van der Waals surface area contributed by atoms with E-state index in [1.807, 2.05) is 53.6 Å². The minimum absolute atomic E-state index is 0.149. The molecule has 0 atom stereocenters. The molecule has 2 aromatic carbocycles. The summed E-state index contributed by atoms with van der Waals surface area (Å²) in [7, 11) is 1.62. The van der Waals surface area contributed by atoms with Crippen LogP contribution in [0.1, 0.15) is 39.8 Å². The smallest absolute Gasteiger partial charge is 0.276 e. The van der Waals surface area contributed by atoms with Crippen LogP contribution in [0.4, 0.5) is 5.13 Å².